The summed E-state index contributed by atoms with van der Waals surface area (Å²) in [4.78, 5) is 9.81. The largest absolute Gasteiger partial charge is 0.379 e. The Kier molecular flexibility index (Phi) is 5.67. The average Bonchev–Trinajstić information content (AvgIpc) is 2.34. The zero-order valence-corrected chi connectivity index (χ0v) is 10.4. The standard InChI is InChI=1S/C12H16FNO4/c1-3-17-7-9(2)18-8-10-5-4-6-11(12(10)13)14(15)16/h4-6,9H,3,7-8H2,1-2H3. The number of benzene rings is 1. The van der Waals surface area contributed by atoms with E-state index in [9.17, 15) is 14.5 Å². The molecule has 1 rings (SSSR count). The molecule has 0 saturated heterocycles. The van der Waals surface area contributed by atoms with Crippen LogP contribution in [0, 0.1) is 15.9 Å². The fourth-order valence-corrected chi connectivity index (χ4v) is 1.38. The van der Waals surface area contributed by atoms with Crippen molar-refractivity contribution in [2.75, 3.05) is 13.2 Å². The summed E-state index contributed by atoms with van der Waals surface area (Å²) in [5.74, 6) is -0.842. The molecule has 0 N–H and O–H groups in total. The summed E-state index contributed by atoms with van der Waals surface area (Å²) in [5.41, 5.74) is -0.360. The van der Waals surface area contributed by atoms with Crippen molar-refractivity contribution in [2.45, 2.75) is 26.6 Å². The highest BCUT2D eigenvalue weighted by Gasteiger charge is 2.17. The molecule has 0 heterocycles. The van der Waals surface area contributed by atoms with E-state index in [1.54, 1.807) is 6.92 Å². The van der Waals surface area contributed by atoms with E-state index in [-0.39, 0.29) is 18.3 Å². The Labute approximate surface area is 105 Å². The summed E-state index contributed by atoms with van der Waals surface area (Å²) in [7, 11) is 0. The third-order valence-electron chi connectivity index (χ3n) is 2.34. The van der Waals surface area contributed by atoms with Gasteiger partial charge in [-0.2, -0.15) is 4.39 Å². The van der Waals surface area contributed by atoms with Crippen LogP contribution in [0.3, 0.4) is 0 Å². The van der Waals surface area contributed by atoms with Gasteiger partial charge in [0.1, 0.15) is 0 Å². The minimum absolute atomic E-state index is 0.0121. The van der Waals surface area contributed by atoms with Gasteiger partial charge in [0.2, 0.25) is 5.82 Å². The molecule has 0 aliphatic rings. The molecule has 1 unspecified atom stereocenters. The lowest BCUT2D eigenvalue weighted by atomic mass is 10.2. The first-order valence-electron chi connectivity index (χ1n) is 5.67. The monoisotopic (exact) mass is 257 g/mol. The molecule has 0 spiro atoms. The van der Waals surface area contributed by atoms with Crippen molar-refractivity contribution in [3.05, 3.63) is 39.7 Å². The zero-order chi connectivity index (χ0) is 13.5. The van der Waals surface area contributed by atoms with Crippen molar-refractivity contribution >= 4 is 5.69 Å². The number of halogens is 1. The smallest absolute Gasteiger partial charge is 0.305 e. The van der Waals surface area contributed by atoms with Crippen LogP contribution in [0.5, 0.6) is 0 Å². The van der Waals surface area contributed by atoms with Crippen LogP contribution < -0.4 is 0 Å². The number of nitrogens with zero attached hydrogens (tertiary/aromatic N) is 1. The Morgan fingerprint density at radius 3 is 2.83 bits per heavy atom. The molecule has 0 bridgehead atoms. The first-order valence-corrected chi connectivity index (χ1v) is 5.67. The van der Waals surface area contributed by atoms with E-state index < -0.39 is 16.4 Å². The van der Waals surface area contributed by atoms with Crippen molar-refractivity contribution in [2.24, 2.45) is 0 Å². The SMILES string of the molecule is CCOCC(C)OCc1cccc([N+](=O)[O-])c1F. The van der Waals surface area contributed by atoms with Crippen molar-refractivity contribution in [1.82, 2.24) is 0 Å². The second kappa shape index (κ2) is 7.03. The van der Waals surface area contributed by atoms with Crippen molar-refractivity contribution in [1.29, 1.82) is 0 Å². The normalized spacial score (nSPS) is 12.4. The molecule has 0 fully saturated rings. The molecule has 1 atom stereocenters. The number of hydrogen-bond donors (Lipinski definition) is 0. The maximum absolute atomic E-state index is 13.7. The molecule has 0 aromatic heterocycles. The van der Waals surface area contributed by atoms with Crippen LogP contribution in [0.1, 0.15) is 19.4 Å². The second-order valence-corrected chi connectivity index (χ2v) is 3.79. The van der Waals surface area contributed by atoms with E-state index in [1.165, 1.54) is 12.1 Å². The van der Waals surface area contributed by atoms with Gasteiger partial charge in [-0.05, 0) is 13.8 Å². The maximum Gasteiger partial charge on any atom is 0.305 e. The molecule has 0 radical (unpaired) electrons. The van der Waals surface area contributed by atoms with E-state index in [1.807, 2.05) is 6.92 Å². The van der Waals surface area contributed by atoms with Crippen LogP contribution in [-0.2, 0) is 16.1 Å². The summed E-state index contributed by atoms with van der Waals surface area (Å²) in [6.07, 6.45) is -0.191. The van der Waals surface area contributed by atoms with Crippen LogP contribution in [0.4, 0.5) is 10.1 Å². The molecular formula is C12H16FNO4. The minimum atomic E-state index is -0.842. The second-order valence-electron chi connectivity index (χ2n) is 3.79. The Balaban J connectivity index is 2.62. The highest BCUT2D eigenvalue weighted by atomic mass is 19.1. The van der Waals surface area contributed by atoms with Crippen LogP contribution in [-0.4, -0.2) is 24.2 Å². The van der Waals surface area contributed by atoms with E-state index in [2.05, 4.69) is 0 Å². The van der Waals surface area contributed by atoms with E-state index in [0.717, 1.165) is 6.07 Å². The zero-order valence-electron chi connectivity index (χ0n) is 10.4. The van der Waals surface area contributed by atoms with Gasteiger partial charge in [-0.15, -0.1) is 0 Å². The highest BCUT2D eigenvalue weighted by Crippen LogP contribution is 2.20. The molecule has 1 aromatic carbocycles. The van der Waals surface area contributed by atoms with Crippen molar-refractivity contribution in [3.63, 3.8) is 0 Å². The topological polar surface area (TPSA) is 61.6 Å². The Hall–Kier alpha value is -1.53. The van der Waals surface area contributed by atoms with Crippen LogP contribution in [0.15, 0.2) is 18.2 Å². The van der Waals surface area contributed by atoms with Gasteiger partial charge in [0, 0.05) is 18.2 Å². The molecule has 0 saturated carbocycles. The molecular weight excluding hydrogens is 241 g/mol. The average molecular weight is 257 g/mol. The summed E-state index contributed by atoms with van der Waals surface area (Å²) in [6, 6.07) is 4.03. The van der Waals surface area contributed by atoms with Gasteiger partial charge in [-0.3, -0.25) is 10.1 Å². The quantitative estimate of drug-likeness (QED) is 0.556. The van der Waals surface area contributed by atoms with Gasteiger partial charge in [-0.25, -0.2) is 0 Å². The molecule has 18 heavy (non-hydrogen) atoms. The molecule has 5 nitrogen and oxygen atoms in total. The summed E-state index contributed by atoms with van der Waals surface area (Å²) < 4.78 is 24.2. The summed E-state index contributed by atoms with van der Waals surface area (Å²) in [6.45, 7) is 4.64. The molecule has 100 valence electrons. The van der Waals surface area contributed by atoms with E-state index in [4.69, 9.17) is 9.47 Å². The lowest BCUT2D eigenvalue weighted by Gasteiger charge is -2.13. The Bertz CT molecular complexity index is 411. The van der Waals surface area contributed by atoms with Crippen LogP contribution in [0.25, 0.3) is 0 Å². The predicted molar refractivity (Wildman–Crippen MR) is 63.8 cm³/mol. The van der Waals surface area contributed by atoms with Gasteiger partial charge in [-0.1, -0.05) is 12.1 Å². The van der Waals surface area contributed by atoms with Gasteiger partial charge in [0.05, 0.1) is 24.2 Å². The molecule has 1 aromatic rings. The third-order valence-corrected chi connectivity index (χ3v) is 2.34. The van der Waals surface area contributed by atoms with Gasteiger partial charge in [0.25, 0.3) is 0 Å². The van der Waals surface area contributed by atoms with E-state index in [0.29, 0.717) is 13.2 Å². The minimum Gasteiger partial charge on any atom is -0.379 e. The molecule has 0 aliphatic carbocycles. The fourth-order valence-electron chi connectivity index (χ4n) is 1.38. The number of hydrogen-bond acceptors (Lipinski definition) is 4. The lowest BCUT2D eigenvalue weighted by molar-refractivity contribution is -0.387. The predicted octanol–water partition coefficient (Wildman–Crippen LogP) is 2.68. The van der Waals surface area contributed by atoms with Gasteiger partial charge in [0.15, 0.2) is 0 Å². The third kappa shape index (κ3) is 4.05. The fraction of sp³-hybridized carbons (Fsp3) is 0.500. The maximum atomic E-state index is 13.7. The van der Waals surface area contributed by atoms with E-state index >= 15 is 0 Å². The number of ether oxygens (including phenoxy) is 2. The molecule has 0 aliphatic heterocycles. The summed E-state index contributed by atoms with van der Waals surface area (Å²) in [5, 5.41) is 10.6. The van der Waals surface area contributed by atoms with Crippen LogP contribution >= 0.6 is 0 Å². The van der Waals surface area contributed by atoms with Gasteiger partial charge < -0.3 is 9.47 Å². The lowest BCUT2D eigenvalue weighted by Crippen LogP contribution is -2.16. The Morgan fingerprint density at radius 1 is 1.50 bits per heavy atom. The number of nitro benzene ring substituents is 1. The van der Waals surface area contributed by atoms with Gasteiger partial charge >= 0.3 is 5.69 Å². The first-order chi connectivity index (χ1) is 8.56. The number of rotatable bonds is 7. The van der Waals surface area contributed by atoms with Crippen molar-refractivity contribution < 1.29 is 18.8 Å². The highest BCUT2D eigenvalue weighted by molar-refractivity contribution is 5.36. The number of nitro groups is 1. The first kappa shape index (κ1) is 14.5. The van der Waals surface area contributed by atoms with Crippen molar-refractivity contribution in [3.8, 4) is 0 Å². The van der Waals surface area contributed by atoms with Crippen LogP contribution in [0.2, 0.25) is 0 Å². The molecule has 0 amide bonds. The summed E-state index contributed by atoms with van der Waals surface area (Å²) >= 11 is 0. The molecule has 6 heteroatoms. The Morgan fingerprint density at radius 2 is 2.22 bits per heavy atom.